The molecule has 0 bridgehead atoms. The van der Waals surface area contributed by atoms with E-state index in [4.69, 9.17) is 11.6 Å². The van der Waals surface area contributed by atoms with Crippen LogP contribution in [0.15, 0.2) is 51.1 Å². The Balaban J connectivity index is 2.54. The summed E-state index contributed by atoms with van der Waals surface area (Å²) in [6.45, 7) is -0.109. The fourth-order valence-electron chi connectivity index (χ4n) is 2.66. The Kier molecular flexibility index (Phi) is 8.88. The van der Waals surface area contributed by atoms with Crippen LogP contribution in [0.5, 0.6) is 0 Å². The van der Waals surface area contributed by atoms with E-state index >= 15 is 0 Å². The number of thioether (sulfide) groups is 1. The molecule has 0 radical (unpaired) electrons. The molecule has 8 nitrogen and oxygen atoms in total. The lowest BCUT2D eigenvalue weighted by Gasteiger charge is -2.25. The van der Waals surface area contributed by atoms with Crippen molar-refractivity contribution in [2.75, 3.05) is 31.8 Å². The van der Waals surface area contributed by atoms with Crippen LogP contribution < -0.4 is 5.32 Å². The van der Waals surface area contributed by atoms with Crippen molar-refractivity contribution in [3.05, 3.63) is 47.0 Å². The maximum Gasteiger partial charge on any atom is 0.426 e. The van der Waals surface area contributed by atoms with E-state index in [9.17, 15) is 41.4 Å². The molecule has 2 aromatic carbocycles. The van der Waals surface area contributed by atoms with E-state index in [1.54, 1.807) is 0 Å². The topological polar surface area (TPSA) is 124 Å². The predicted octanol–water partition coefficient (Wildman–Crippen LogP) is 3.21. The molecular formula is C21H22ClF3N2O6S2. The summed E-state index contributed by atoms with van der Waals surface area (Å²) < 4.78 is 65.6. The number of alkyl halides is 3. The van der Waals surface area contributed by atoms with E-state index in [1.807, 2.05) is 5.32 Å². The molecule has 0 aliphatic heterocycles. The first-order valence-corrected chi connectivity index (χ1v) is 12.6. The number of rotatable bonds is 8. The highest BCUT2D eigenvalue weighted by Crippen LogP contribution is 2.41. The Morgan fingerprint density at radius 1 is 1.11 bits per heavy atom. The monoisotopic (exact) mass is 554 g/mol. The molecule has 2 aromatic rings. The van der Waals surface area contributed by atoms with E-state index in [2.05, 4.69) is 0 Å². The number of anilines is 1. The summed E-state index contributed by atoms with van der Waals surface area (Å²) in [4.78, 5) is 24.8. The minimum Gasteiger partial charge on any atom is -0.396 e. The van der Waals surface area contributed by atoms with Gasteiger partial charge in [-0.05, 0) is 43.3 Å². The van der Waals surface area contributed by atoms with Crippen LogP contribution in [0.4, 0.5) is 18.9 Å². The van der Waals surface area contributed by atoms with Gasteiger partial charge in [0.1, 0.15) is 0 Å². The van der Waals surface area contributed by atoms with Crippen molar-refractivity contribution in [3.63, 3.8) is 0 Å². The van der Waals surface area contributed by atoms with Crippen LogP contribution in [0, 0.1) is 0 Å². The van der Waals surface area contributed by atoms with Crippen molar-refractivity contribution in [2.24, 2.45) is 0 Å². The third kappa shape index (κ3) is 6.09. The zero-order chi connectivity index (χ0) is 26.8. The molecule has 0 fully saturated rings. The maximum atomic E-state index is 13.3. The quantitative estimate of drug-likeness (QED) is 0.428. The molecule has 0 aromatic heterocycles. The molecule has 0 aliphatic rings. The summed E-state index contributed by atoms with van der Waals surface area (Å²) in [5.74, 6) is -2.18. The first kappa shape index (κ1) is 28.9. The van der Waals surface area contributed by atoms with Crippen molar-refractivity contribution in [1.82, 2.24) is 4.90 Å². The molecule has 192 valence electrons. The highest BCUT2D eigenvalue weighted by molar-refractivity contribution is 8.00. The van der Waals surface area contributed by atoms with Gasteiger partial charge < -0.3 is 20.4 Å². The number of aliphatic hydroxyl groups is 2. The number of hydrogen-bond donors (Lipinski definition) is 3. The fourth-order valence-corrected chi connectivity index (χ4v) is 5.68. The van der Waals surface area contributed by atoms with E-state index in [1.165, 1.54) is 43.3 Å². The van der Waals surface area contributed by atoms with Crippen molar-refractivity contribution in [3.8, 4) is 0 Å². The molecule has 0 aliphatic carbocycles. The van der Waals surface area contributed by atoms with Gasteiger partial charge in [-0.25, -0.2) is 8.42 Å². The van der Waals surface area contributed by atoms with E-state index < -0.39 is 32.5 Å². The molecule has 2 rings (SSSR count). The number of hydrogen-bond acceptors (Lipinski definition) is 7. The Morgan fingerprint density at radius 2 is 1.69 bits per heavy atom. The predicted molar refractivity (Wildman–Crippen MR) is 124 cm³/mol. The average molecular weight is 555 g/mol. The first-order valence-electron chi connectivity index (χ1n) is 9.79. The van der Waals surface area contributed by atoms with Gasteiger partial charge in [0.15, 0.2) is 0 Å². The molecule has 1 atom stereocenters. The van der Waals surface area contributed by atoms with Gasteiger partial charge in [0.25, 0.3) is 11.8 Å². The smallest absolute Gasteiger partial charge is 0.396 e. The number of aliphatic hydroxyl groups excluding tert-OH is 1. The summed E-state index contributed by atoms with van der Waals surface area (Å²) in [5.41, 5.74) is -3.85. The van der Waals surface area contributed by atoms with Crippen LogP contribution in [0.3, 0.4) is 0 Å². The molecule has 2 amide bonds. The molecule has 0 unspecified atom stereocenters. The van der Waals surface area contributed by atoms with Gasteiger partial charge in [0.05, 0.1) is 27.1 Å². The van der Waals surface area contributed by atoms with Gasteiger partial charge in [0.2, 0.25) is 15.4 Å². The lowest BCUT2D eigenvalue weighted by Crippen LogP contribution is -2.52. The third-order valence-corrected chi connectivity index (χ3v) is 8.29. The third-order valence-electron chi connectivity index (χ3n) is 4.75. The summed E-state index contributed by atoms with van der Waals surface area (Å²) >= 11 is 7.06. The molecule has 0 heterocycles. The molecule has 0 saturated carbocycles. The number of nitrogens with zero attached hydrogens (tertiary/aromatic N) is 1. The van der Waals surface area contributed by atoms with E-state index in [0.717, 1.165) is 23.9 Å². The van der Waals surface area contributed by atoms with Crippen LogP contribution in [0.1, 0.15) is 17.3 Å². The molecular weight excluding hydrogens is 533 g/mol. The Labute approximate surface area is 209 Å². The second kappa shape index (κ2) is 10.7. The van der Waals surface area contributed by atoms with Crippen molar-refractivity contribution in [2.45, 2.75) is 33.4 Å². The van der Waals surface area contributed by atoms with Crippen molar-refractivity contribution in [1.29, 1.82) is 0 Å². The van der Waals surface area contributed by atoms with Gasteiger partial charge in [-0.15, -0.1) is 11.8 Å². The van der Waals surface area contributed by atoms with Gasteiger partial charge in [-0.2, -0.15) is 13.2 Å². The lowest BCUT2D eigenvalue weighted by molar-refractivity contribution is -0.242. The maximum absolute atomic E-state index is 13.3. The molecule has 0 saturated heterocycles. The summed E-state index contributed by atoms with van der Waals surface area (Å²) in [6.07, 6.45) is -5.28. The highest BCUT2D eigenvalue weighted by Gasteiger charge is 2.55. The minimum absolute atomic E-state index is 0.0177. The second-order valence-electron chi connectivity index (χ2n) is 7.58. The SMILES string of the molecule is CN(C)C(=O)c1ccc(S(=O)(=O)c2ccc(NC(=O)[C@@](C)(O)C(F)(F)F)c(Cl)c2SCCO)cc1. The average Bonchev–Trinajstić information content (AvgIpc) is 2.77. The van der Waals surface area contributed by atoms with Gasteiger partial charge in [-0.3, -0.25) is 9.59 Å². The normalized spacial score (nSPS) is 13.7. The highest BCUT2D eigenvalue weighted by atomic mass is 35.5. The van der Waals surface area contributed by atoms with Gasteiger partial charge in [-0.1, -0.05) is 11.6 Å². The number of sulfone groups is 1. The molecule has 35 heavy (non-hydrogen) atoms. The first-order chi connectivity index (χ1) is 16.1. The molecule has 14 heteroatoms. The number of benzene rings is 2. The Morgan fingerprint density at radius 3 is 2.17 bits per heavy atom. The lowest BCUT2D eigenvalue weighted by atomic mass is 10.1. The van der Waals surface area contributed by atoms with E-state index in [0.29, 0.717) is 0 Å². The number of carbonyl (C=O) groups is 2. The standard InChI is InChI=1S/C21H22ClF3N2O6S2/c1-20(31,21(23,24)25)19(30)26-14-8-9-15(17(16(14)22)34-11-10-28)35(32,33)13-6-4-12(5-7-13)18(29)27(2)3/h4-9,28,31H,10-11H2,1-3H3,(H,26,30)/t20-/m1/s1. The van der Waals surface area contributed by atoms with Crippen LogP contribution in [-0.4, -0.2) is 73.6 Å². The Bertz CT molecular complexity index is 1220. The van der Waals surface area contributed by atoms with Crippen molar-refractivity contribution >= 4 is 50.7 Å². The van der Waals surface area contributed by atoms with Gasteiger partial charge in [0, 0.05) is 30.3 Å². The van der Waals surface area contributed by atoms with Crippen LogP contribution >= 0.6 is 23.4 Å². The van der Waals surface area contributed by atoms with Crippen LogP contribution in [0.2, 0.25) is 5.02 Å². The van der Waals surface area contributed by atoms with Crippen LogP contribution in [-0.2, 0) is 14.6 Å². The summed E-state index contributed by atoms with van der Waals surface area (Å²) in [6, 6.07) is 7.12. The summed E-state index contributed by atoms with van der Waals surface area (Å²) in [5, 5.41) is 20.2. The largest absolute Gasteiger partial charge is 0.426 e. The number of amides is 2. The van der Waals surface area contributed by atoms with E-state index in [-0.39, 0.29) is 51.1 Å². The number of carbonyl (C=O) groups excluding carboxylic acids is 2. The zero-order valence-electron chi connectivity index (χ0n) is 18.7. The zero-order valence-corrected chi connectivity index (χ0v) is 21.1. The molecule has 0 spiro atoms. The van der Waals surface area contributed by atoms with Crippen molar-refractivity contribution < 1.29 is 41.4 Å². The van der Waals surface area contributed by atoms with Crippen LogP contribution in [0.25, 0.3) is 0 Å². The Hall–Kier alpha value is -2.32. The summed E-state index contributed by atoms with van der Waals surface area (Å²) in [7, 11) is -1.16. The number of nitrogens with one attached hydrogen (secondary N) is 1. The molecule has 3 N–H and O–H groups in total. The second-order valence-corrected chi connectivity index (χ2v) is 11.0. The fraction of sp³-hybridized carbons (Fsp3) is 0.333. The van der Waals surface area contributed by atoms with Gasteiger partial charge >= 0.3 is 6.18 Å². The number of halogens is 4. The minimum atomic E-state index is -5.28.